The first-order valence-electron chi connectivity index (χ1n) is 8.95. The van der Waals surface area contributed by atoms with Crippen LogP contribution < -0.4 is 0 Å². The Kier molecular flexibility index (Phi) is 9.29. The summed E-state index contributed by atoms with van der Waals surface area (Å²) < 4.78 is 26.7. The van der Waals surface area contributed by atoms with Crippen LogP contribution >= 0.6 is 0 Å². The van der Waals surface area contributed by atoms with E-state index >= 15 is 0 Å². The molecule has 0 radical (unpaired) electrons. The number of hydrogen-bond acceptors (Lipinski definition) is 0. The van der Waals surface area contributed by atoms with Crippen LogP contribution in [0.4, 0.5) is 8.78 Å². The minimum atomic E-state index is -0.911. The van der Waals surface area contributed by atoms with Gasteiger partial charge in [-0.05, 0) is 61.0 Å². The average Bonchev–Trinajstić information content (AvgIpc) is 2.61. The van der Waals surface area contributed by atoms with Gasteiger partial charge >= 0.3 is 0 Å². The largest absolute Gasteiger partial charge is 0.204 e. The van der Waals surface area contributed by atoms with Crippen molar-refractivity contribution < 1.29 is 8.78 Å². The molecule has 0 saturated heterocycles. The topological polar surface area (TPSA) is 0 Å². The molecule has 132 valence electrons. The lowest BCUT2D eigenvalue weighted by atomic mass is 9.83. The number of hydrogen-bond donors (Lipinski definition) is 0. The van der Waals surface area contributed by atoms with Crippen molar-refractivity contribution in [1.82, 2.24) is 0 Å². The van der Waals surface area contributed by atoms with Crippen molar-refractivity contribution in [3.8, 4) is 0 Å². The Morgan fingerprint density at radius 2 is 1.67 bits per heavy atom. The van der Waals surface area contributed by atoms with Crippen molar-refractivity contribution in [1.29, 1.82) is 0 Å². The van der Waals surface area contributed by atoms with Gasteiger partial charge in [-0.1, -0.05) is 64.0 Å². The Morgan fingerprint density at radius 3 is 2.25 bits per heavy atom. The summed E-state index contributed by atoms with van der Waals surface area (Å²) in [6, 6.07) is 0. The van der Waals surface area contributed by atoms with Gasteiger partial charge in [0.1, 0.15) is 0 Å². The van der Waals surface area contributed by atoms with Crippen molar-refractivity contribution >= 4 is 0 Å². The summed E-state index contributed by atoms with van der Waals surface area (Å²) in [7, 11) is 0. The Labute approximate surface area is 146 Å². The zero-order valence-electron chi connectivity index (χ0n) is 15.1. The first kappa shape index (κ1) is 20.3. The van der Waals surface area contributed by atoms with Crippen molar-refractivity contribution in [3.05, 3.63) is 71.9 Å². The molecule has 1 rings (SSSR count). The molecular weight excluding hydrogens is 302 g/mol. The van der Waals surface area contributed by atoms with E-state index in [1.54, 1.807) is 0 Å². The van der Waals surface area contributed by atoms with Crippen molar-refractivity contribution in [3.63, 3.8) is 0 Å². The fourth-order valence-electron chi connectivity index (χ4n) is 2.87. The molecule has 0 amide bonds. The van der Waals surface area contributed by atoms with E-state index in [1.807, 2.05) is 6.08 Å². The molecule has 0 aromatic carbocycles. The standard InChI is InChI=1S/C22H30F2/c1-5-7-11-20(19-12-9-8-10-13-19)15-14-17(3)18(4)16-22(24)21(23)6-2/h6,11,14-16,19H,3-5,7-10,12-13H2,1-2H3/b15-14-,20-11+,21-6+,22-16+. The lowest BCUT2D eigenvalue weighted by molar-refractivity contribution is 0.407. The van der Waals surface area contributed by atoms with Gasteiger partial charge in [0.05, 0.1) is 0 Å². The molecule has 0 aromatic rings. The van der Waals surface area contributed by atoms with Crippen molar-refractivity contribution in [2.75, 3.05) is 0 Å². The molecule has 1 saturated carbocycles. The van der Waals surface area contributed by atoms with Crippen LogP contribution in [-0.4, -0.2) is 0 Å². The first-order valence-corrected chi connectivity index (χ1v) is 8.95. The molecule has 1 aliphatic carbocycles. The van der Waals surface area contributed by atoms with Crippen molar-refractivity contribution in [2.24, 2.45) is 5.92 Å². The van der Waals surface area contributed by atoms with Gasteiger partial charge in [0.25, 0.3) is 0 Å². The van der Waals surface area contributed by atoms with Gasteiger partial charge in [-0.2, -0.15) is 0 Å². The van der Waals surface area contributed by atoms with Crippen molar-refractivity contribution in [2.45, 2.75) is 58.8 Å². The van der Waals surface area contributed by atoms with E-state index in [1.165, 1.54) is 44.6 Å². The van der Waals surface area contributed by atoms with Gasteiger partial charge in [0, 0.05) is 0 Å². The highest BCUT2D eigenvalue weighted by atomic mass is 19.2. The monoisotopic (exact) mass is 332 g/mol. The predicted octanol–water partition coefficient (Wildman–Crippen LogP) is 7.69. The van der Waals surface area contributed by atoms with Crippen LogP contribution in [0, 0.1) is 5.92 Å². The van der Waals surface area contributed by atoms with Crippen LogP contribution in [0.3, 0.4) is 0 Å². The van der Waals surface area contributed by atoms with Crippen LogP contribution in [0.25, 0.3) is 0 Å². The molecule has 2 heteroatoms. The van der Waals surface area contributed by atoms with E-state index in [-0.39, 0.29) is 0 Å². The van der Waals surface area contributed by atoms with Gasteiger partial charge in [-0.25, -0.2) is 8.78 Å². The molecule has 0 unspecified atom stereocenters. The second kappa shape index (κ2) is 11.0. The third-order valence-corrected chi connectivity index (χ3v) is 4.42. The molecule has 1 aliphatic rings. The lowest BCUT2D eigenvalue weighted by Gasteiger charge is -2.23. The Morgan fingerprint density at radius 1 is 1.00 bits per heavy atom. The summed E-state index contributed by atoms with van der Waals surface area (Å²) in [6.45, 7) is 11.3. The second-order valence-corrected chi connectivity index (χ2v) is 6.34. The van der Waals surface area contributed by atoms with Crippen LogP contribution in [0.1, 0.15) is 58.8 Å². The molecule has 0 spiro atoms. The Bertz CT molecular complexity index is 553. The Balaban J connectivity index is 2.81. The van der Waals surface area contributed by atoms with Gasteiger partial charge in [0.2, 0.25) is 0 Å². The number of rotatable bonds is 8. The van der Waals surface area contributed by atoms with E-state index in [2.05, 4.69) is 32.2 Å². The highest BCUT2D eigenvalue weighted by Gasteiger charge is 2.15. The van der Waals surface area contributed by atoms with Crippen LogP contribution in [0.2, 0.25) is 0 Å². The summed E-state index contributed by atoms with van der Waals surface area (Å²) in [5, 5.41) is 0. The quantitative estimate of drug-likeness (QED) is 0.400. The van der Waals surface area contributed by atoms with Gasteiger partial charge in [0.15, 0.2) is 11.7 Å². The number of unbranched alkanes of at least 4 members (excludes halogenated alkanes) is 1. The minimum absolute atomic E-state index is 0.388. The molecule has 0 bridgehead atoms. The second-order valence-electron chi connectivity index (χ2n) is 6.34. The first-order chi connectivity index (χ1) is 11.5. The predicted molar refractivity (Wildman–Crippen MR) is 101 cm³/mol. The smallest absolute Gasteiger partial charge is 0.159 e. The highest BCUT2D eigenvalue weighted by molar-refractivity contribution is 5.46. The number of allylic oxidation sites excluding steroid dienone is 10. The molecule has 1 fully saturated rings. The maximum absolute atomic E-state index is 13.5. The summed E-state index contributed by atoms with van der Waals surface area (Å²) in [5.74, 6) is -1.18. The third-order valence-electron chi connectivity index (χ3n) is 4.42. The summed E-state index contributed by atoms with van der Waals surface area (Å²) >= 11 is 0. The maximum Gasteiger partial charge on any atom is 0.159 e. The summed E-state index contributed by atoms with van der Waals surface area (Å²) in [4.78, 5) is 0. The van der Waals surface area contributed by atoms with E-state index in [0.29, 0.717) is 17.1 Å². The minimum Gasteiger partial charge on any atom is -0.204 e. The van der Waals surface area contributed by atoms with E-state index < -0.39 is 11.7 Å². The average molecular weight is 332 g/mol. The van der Waals surface area contributed by atoms with E-state index in [4.69, 9.17) is 0 Å². The van der Waals surface area contributed by atoms with E-state index in [9.17, 15) is 8.78 Å². The molecule has 0 nitrogen and oxygen atoms in total. The summed E-state index contributed by atoms with van der Waals surface area (Å²) in [6.07, 6.45) is 17.0. The summed E-state index contributed by atoms with van der Waals surface area (Å²) in [5.41, 5.74) is 2.33. The lowest BCUT2D eigenvalue weighted by Crippen LogP contribution is -2.08. The molecule has 0 aromatic heterocycles. The maximum atomic E-state index is 13.5. The van der Waals surface area contributed by atoms with Gasteiger partial charge in [-0.3, -0.25) is 0 Å². The molecule has 24 heavy (non-hydrogen) atoms. The molecular formula is C22H30F2. The highest BCUT2D eigenvalue weighted by Crippen LogP contribution is 2.31. The molecule has 0 aliphatic heterocycles. The van der Waals surface area contributed by atoms with Gasteiger partial charge in [-0.15, -0.1) is 0 Å². The van der Waals surface area contributed by atoms with E-state index in [0.717, 1.165) is 25.0 Å². The van der Waals surface area contributed by atoms with Crippen LogP contribution in [0.15, 0.2) is 71.9 Å². The molecule has 0 atom stereocenters. The zero-order chi connectivity index (χ0) is 17.9. The Hall–Kier alpha value is -1.70. The fourth-order valence-corrected chi connectivity index (χ4v) is 2.87. The normalized spacial score (nSPS) is 18.2. The molecule has 0 N–H and O–H groups in total. The molecule has 0 heterocycles. The fraction of sp³-hybridized carbons (Fsp3) is 0.455. The zero-order valence-corrected chi connectivity index (χ0v) is 15.1. The number of halogens is 2. The van der Waals surface area contributed by atoms with Gasteiger partial charge < -0.3 is 0 Å². The van der Waals surface area contributed by atoms with Crippen LogP contribution in [0.5, 0.6) is 0 Å². The SMILES string of the molecule is C=C(/C=C\C(=C/CCC)C1CCCCC1)C(=C)/C=C(F)\C(F)=C/C. The third kappa shape index (κ3) is 6.82. The van der Waals surface area contributed by atoms with Crippen LogP contribution in [-0.2, 0) is 0 Å².